The highest BCUT2D eigenvalue weighted by Gasteiger charge is 2.21. The molecular formula is C23H26N4O5. The molecule has 0 saturated heterocycles. The summed E-state index contributed by atoms with van der Waals surface area (Å²) in [6.07, 6.45) is 3.42. The first kappa shape index (κ1) is 24.6. The molecule has 0 fully saturated rings. The molecule has 0 spiro atoms. The van der Waals surface area contributed by atoms with E-state index in [0.29, 0.717) is 35.4 Å². The van der Waals surface area contributed by atoms with Gasteiger partial charge in [0, 0.05) is 48.5 Å². The molecule has 0 aliphatic heterocycles. The van der Waals surface area contributed by atoms with Gasteiger partial charge in [0.2, 0.25) is 0 Å². The van der Waals surface area contributed by atoms with Crippen LogP contribution in [0.25, 0.3) is 11.1 Å². The summed E-state index contributed by atoms with van der Waals surface area (Å²) in [4.78, 5) is 38.9. The first-order valence-corrected chi connectivity index (χ1v) is 9.84. The second-order valence-electron chi connectivity index (χ2n) is 7.70. The van der Waals surface area contributed by atoms with Gasteiger partial charge in [0.05, 0.1) is 9.85 Å². The minimum atomic E-state index is -0.513. The normalized spacial score (nSPS) is 12.3. The summed E-state index contributed by atoms with van der Waals surface area (Å²) in [6, 6.07) is 11.8. The van der Waals surface area contributed by atoms with E-state index in [1.807, 2.05) is 38.0 Å². The Hall–Kier alpha value is -3.69. The quantitative estimate of drug-likeness (QED) is 0.316. The summed E-state index contributed by atoms with van der Waals surface area (Å²) in [5.74, 6) is -0.366. The number of hydrogen-bond acceptors (Lipinski definition) is 7. The lowest BCUT2D eigenvalue weighted by Gasteiger charge is -2.14. The van der Waals surface area contributed by atoms with Gasteiger partial charge in [0.15, 0.2) is 5.78 Å². The molecule has 0 atom stereocenters. The van der Waals surface area contributed by atoms with E-state index in [4.69, 9.17) is 0 Å². The van der Waals surface area contributed by atoms with Crippen molar-refractivity contribution in [1.29, 1.82) is 0 Å². The smallest absolute Gasteiger partial charge is 0.270 e. The molecule has 0 saturated carbocycles. The number of nitro groups is 2. The number of nitro benzene ring substituents is 2. The lowest BCUT2D eigenvalue weighted by atomic mass is 9.91. The Morgan fingerprint density at radius 1 is 0.781 bits per heavy atom. The van der Waals surface area contributed by atoms with Crippen LogP contribution in [0.15, 0.2) is 60.7 Å². The summed E-state index contributed by atoms with van der Waals surface area (Å²) in [6.45, 7) is 0.860. The fourth-order valence-corrected chi connectivity index (χ4v) is 2.95. The molecule has 0 aliphatic rings. The second kappa shape index (κ2) is 11.1. The van der Waals surface area contributed by atoms with Crippen LogP contribution in [-0.4, -0.2) is 66.7 Å². The zero-order valence-corrected chi connectivity index (χ0v) is 18.5. The fraction of sp³-hybridized carbons (Fsp3) is 0.261. The van der Waals surface area contributed by atoms with E-state index in [1.54, 1.807) is 24.3 Å². The largest absolute Gasteiger partial charge is 0.306 e. The van der Waals surface area contributed by atoms with Gasteiger partial charge in [0.25, 0.3) is 11.4 Å². The van der Waals surface area contributed by atoms with Crippen molar-refractivity contribution in [3.63, 3.8) is 0 Å². The average Bonchev–Trinajstić information content (AvgIpc) is 2.74. The fourth-order valence-electron chi connectivity index (χ4n) is 2.95. The Labute approximate surface area is 186 Å². The SMILES string of the molecule is CN(C)CC=C(C(=O)C(=CCN(C)C)c1cccc([N+](=O)[O-])c1)c1cccc([N+](=O)[O-])c1. The van der Waals surface area contributed by atoms with Gasteiger partial charge >= 0.3 is 0 Å². The number of allylic oxidation sites excluding steroid dienone is 2. The van der Waals surface area contributed by atoms with Gasteiger partial charge in [-0.1, -0.05) is 36.4 Å². The van der Waals surface area contributed by atoms with E-state index < -0.39 is 9.85 Å². The Morgan fingerprint density at radius 2 is 1.16 bits per heavy atom. The molecule has 0 aliphatic carbocycles. The molecule has 32 heavy (non-hydrogen) atoms. The van der Waals surface area contributed by atoms with Crippen molar-refractivity contribution >= 4 is 28.3 Å². The Kier molecular flexibility index (Phi) is 8.51. The van der Waals surface area contributed by atoms with Crippen LogP contribution in [-0.2, 0) is 4.79 Å². The minimum absolute atomic E-state index is 0.125. The summed E-state index contributed by atoms with van der Waals surface area (Å²) in [5, 5.41) is 22.5. The average molecular weight is 438 g/mol. The van der Waals surface area contributed by atoms with Crippen LogP contribution in [0.1, 0.15) is 11.1 Å². The summed E-state index contributed by atoms with van der Waals surface area (Å²) < 4.78 is 0. The number of likely N-dealkylation sites (N-methyl/N-ethyl adjacent to an activating group) is 2. The van der Waals surface area contributed by atoms with Gasteiger partial charge in [0.1, 0.15) is 0 Å². The lowest BCUT2D eigenvalue weighted by molar-refractivity contribution is -0.385. The summed E-state index contributed by atoms with van der Waals surface area (Å²) in [5.41, 5.74) is 1.15. The molecular weight excluding hydrogens is 412 g/mol. The molecule has 168 valence electrons. The summed E-state index contributed by atoms with van der Waals surface area (Å²) in [7, 11) is 7.37. The van der Waals surface area contributed by atoms with Crippen molar-refractivity contribution in [2.45, 2.75) is 0 Å². The Balaban J connectivity index is 2.64. The van der Waals surface area contributed by atoms with Gasteiger partial charge in [-0.2, -0.15) is 0 Å². The molecule has 2 rings (SSSR count). The number of benzene rings is 2. The molecule has 0 amide bonds. The standard InChI is InChI=1S/C23H26N4O5/c1-24(2)13-11-21(17-7-5-9-19(15-17)26(29)30)23(28)22(12-14-25(3)4)18-8-6-10-20(16-18)27(31)32/h5-12,15-16H,13-14H2,1-4H3. The van der Waals surface area contributed by atoms with E-state index in [1.165, 1.54) is 36.4 Å². The number of non-ortho nitro benzene ring substituents is 2. The first-order valence-electron chi connectivity index (χ1n) is 9.84. The molecule has 0 aromatic heterocycles. The molecule has 0 unspecified atom stereocenters. The third-order valence-corrected chi connectivity index (χ3v) is 4.55. The van der Waals surface area contributed by atoms with Crippen molar-refractivity contribution in [3.05, 3.63) is 92.0 Å². The topological polar surface area (TPSA) is 110 Å². The van der Waals surface area contributed by atoms with Gasteiger partial charge in [-0.3, -0.25) is 25.0 Å². The number of Topliss-reactive ketones (excluding diaryl/α,β-unsaturated/α-hetero) is 1. The van der Waals surface area contributed by atoms with Crippen LogP contribution in [0.3, 0.4) is 0 Å². The van der Waals surface area contributed by atoms with Gasteiger partial charge in [-0.25, -0.2) is 0 Å². The molecule has 2 aromatic carbocycles. The van der Waals surface area contributed by atoms with Gasteiger partial charge in [-0.15, -0.1) is 0 Å². The van der Waals surface area contributed by atoms with Crippen molar-refractivity contribution in [3.8, 4) is 0 Å². The molecule has 9 nitrogen and oxygen atoms in total. The number of ketones is 1. The molecule has 9 heteroatoms. The molecule has 0 N–H and O–H groups in total. The zero-order valence-electron chi connectivity index (χ0n) is 18.5. The van der Waals surface area contributed by atoms with Crippen LogP contribution in [0.4, 0.5) is 11.4 Å². The highest BCUT2D eigenvalue weighted by Crippen LogP contribution is 2.29. The maximum Gasteiger partial charge on any atom is 0.270 e. The van der Waals surface area contributed by atoms with Crippen molar-refractivity contribution < 1.29 is 14.6 Å². The van der Waals surface area contributed by atoms with E-state index >= 15 is 0 Å². The second-order valence-corrected chi connectivity index (χ2v) is 7.70. The van der Waals surface area contributed by atoms with Crippen LogP contribution >= 0.6 is 0 Å². The van der Waals surface area contributed by atoms with Crippen molar-refractivity contribution in [1.82, 2.24) is 9.80 Å². The molecule has 0 heterocycles. The Bertz CT molecular complexity index is 990. The molecule has 0 radical (unpaired) electrons. The van der Waals surface area contributed by atoms with E-state index in [-0.39, 0.29) is 17.2 Å². The predicted molar refractivity (Wildman–Crippen MR) is 124 cm³/mol. The highest BCUT2D eigenvalue weighted by molar-refractivity contribution is 6.42. The van der Waals surface area contributed by atoms with E-state index in [2.05, 4.69) is 0 Å². The first-order chi connectivity index (χ1) is 15.1. The molecule has 0 bridgehead atoms. The maximum absolute atomic E-state index is 13.7. The van der Waals surface area contributed by atoms with E-state index in [0.717, 1.165) is 0 Å². The van der Waals surface area contributed by atoms with Crippen LogP contribution < -0.4 is 0 Å². The zero-order chi connectivity index (χ0) is 23.8. The predicted octanol–water partition coefficient (Wildman–Crippen LogP) is 3.66. The van der Waals surface area contributed by atoms with Crippen LogP contribution in [0.5, 0.6) is 0 Å². The van der Waals surface area contributed by atoms with Gasteiger partial charge in [-0.05, 0) is 39.3 Å². The van der Waals surface area contributed by atoms with Crippen molar-refractivity contribution in [2.75, 3.05) is 41.3 Å². The Morgan fingerprint density at radius 3 is 1.47 bits per heavy atom. The third kappa shape index (κ3) is 6.66. The van der Waals surface area contributed by atoms with Crippen LogP contribution in [0, 0.1) is 20.2 Å². The highest BCUT2D eigenvalue weighted by atomic mass is 16.6. The van der Waals surface area contributed by atoms with E-state index in [9.17, 15) is 25.0 Å². The third-order valence-electron chi connectivity index (χ3n) is 4.55. The number of nitrogens with zero attached hydrogens (tertiary/aromatic N) is 4. The van der Waals surface area contributed by atoms with Crippen LogP contribution in [0.2, 0.25) is 0 Å². The van der Waals surface area contributed by atoms with Gasteiger partial charge < -0.3 is 9.80 Å². The monoisotopic (exact) mass is 438 g/mol. The number of rotatable bonds is 10. The number of carbonyl (C=O) groups is 1. The maximum atomic E-state index is 13.7. The van der Waals surface area contributed by atoms with Crippen molar-refractivity contribution in [2.24, 2.45) is 0 Å². The number of carbonyl (C=O) groups excluding carboxylic acids is 1. The molecule has 2 aromatic rings. The summed E-state index contributed by atoms with van der Waals surface area (Å²) >= 11 is 0. The number of hydrogen-bond donors (Lipinski definition) is 0. The lowest BCUT2D eigenvalue weighted by Crippen LogP contribution is -2.15. The minimum Gasteiger partial charge on any atom is -0.306 e.